The second-order valence-corrected chi connectivity index (χ2v) is 7.60. The molecule has 0 radical (unpaired) electrons. The zero-order valence-electron chi connectivity index (χ0n) is 15.3. The van der Waals surface area contributed by atoms with Gasteiger partial charge in [-0.1, -0.05) is 66.2 Å². The van der Waals surface area contributed by atoms with Gasteiger partial charge in [0.2, 0.25) is 0 Å². The molecule has 3 aromatic carbocycles. The van der Waals surface area contributed by atoms with Crippen molar-refractivity contribution in [3.05, 3.63) is 100 Å². The Kier molecular flexibility index (Phi) is 5.71. The van der Waals surface area contributed by atoms with Gasteiger partial charge < -0.3 is 5.32 Å². The maximum absolute atomic E-state index is 9.53. The van der Waals surface area contributed by atoms with Gasteiger partial charge in [0.05, 0.1) is 5.69 Å². The molecule has 0 aliphatic rings. The molecule has 0 saturated heterocycles. The van der Waals surface area contributed by atoms with Crippen LogP contribution < -0.4 is 5.32 Å². The van der Waals surface area contributed by atoms with Crippen LogP contribution in [0.4, 0.5) is 5.69 Å². The summed E-state index contributed by atoms with van der Waals surface area (Å²) in [4.78, 5) is 4.65. The molecule has 0 saturated carbocycles. The van der Waals surface area contributed by atoms with E-state index in [9.17, 15) is 5.26 Å². The molecule has 140 valence electrons. The highest BCUT2D eigenvalue weighted by Gasteiger charge is 2.09. The lowest BCUT2D eigenvalue weighted by Gasteiger charge is -2.03. The van der Waals surface area contributed by atoms with E-state index in [2.05, 4.69) is 52.8 Å². The average molecular weight is 414 g/mol. The first-order valence-corrected chi connectivity index (χ1v) is 10.2. The zero-order valence-corrected chi connectivity index (χ0v) is 16.9. The summed E-state index contributed by atoms with van der Waals surface area (Å²) in [5.74, 6) is 0. The van der Waals surface area contributed by atoms with Crippen LogP contribution >= 0.6 is 22.9 Å². The molecule has 0 spiro atoms. The number of thiazole rings is 1. The number of allylic oxidation sites excluding steroid dienone is 1. The lowest BCUT2D eigenvalue weighted by atomic mass is 10.0. The highest BCUT2D eigenvalue weighted by molar-refractivity contribution is 7.11. The molecule has 1 aromatic heterocycles. The van der Waals surface area contributed by atoms with E-state index in [0.29, 0.717) is 15.6 Å². The van der Waals surface area contributed by atoms with E-state index >= 15 is 0 Å². The van der Waals surface area contributed by atoms with Crippen LogP contribution in [0.2, 0.25) is 5.02 Å². The molecule has 0 bridgehead atoms. The number of nitrogens with one attached hydrogen (secondary N) is 1. The molecule has 0 amide bonds. The van der Waals surface area contributed by atoms with E-state index in [1.165, 1.54) is 16.9 Å². The topological polar surface area (TPSA) is 48.7 Å². The van der Waals surface area contributed by atoms with Gasteiger partial charge in [-0.3, -0.25) is 0 Å². The van der Waals surface area contributed by atoms with Gasteiger partial charge in [0, 0.05) is 27.9 Å². The predicted octanol–water partition coefficient (Wildman–Crippen LogP) is 7.11. The number of aromatic nitrogens is 1. The fraction of sp³-hybridized carbons (Fsp3) is 0. The number of rotatable bonds is 5. The Morgan fingerprint density at radius 3 is 2.24 bits per heavy atom. The smallest absolute Gasteiger partial charge is 0.136 e. The minimum Gasteiger partial charge on any atom is -0.360 e. The molecule has 0 atom stereocenters. The number of hydrogen-bond donors (Lipinski definition) is 1. The van der Waals surface area contributed by atoms with Gasteiger partial charge in [0.15, 0.2) is 0 Å². The zero-order chi connectivity index (χ0) is 20.1. The van der Waals surface area contributed by atoms with Gasteiger partial charge >= 0.3 is 0 Å². The lowest BCUT2D eigenvalue weighted by molar-refractivity contribution is 1.36. The predicted molar refractivity (Wildman–Crippen MR) is 122 cm³/mol. The number of hydrogen-bond acceptors (Lipinski definition) is 4. The summed E-state index contributed by atoms with van der Waals surface area (Å²) < 4.78 is 0. The number of nitriles is 1. The van der Waals surface area contributed by atoms with Gasteiger partial charge in [0.1, 0.15) is 16.6 Å². The van der Waals surface area contributed by atoms with E-state index in [-0.39, 0.29) is 0 Å². The summed E-state index contributed by atoms with van der Waals surface area (Å²) in [6.07, 6.45) is 1.67. The number of halogens is 1. The number of nitrogens with zero attached hydrogens (tertiary/aromatic N) is 2. The van der Waals surface area contributed by atoms with Crippen LogP contribution in [0.15, 0.2) is 90.4 Å². The van der Waals surface area contributed by atoms with Crippen LogP contribution in [0.3, 0.4) is 0 Å². The Balaban J connectivity index is 1.53. The van der Waals surface area contributed by atoms with Crippen LogP contribution in [0.5, 0.6) is 0 Å². The van der Waals surface area contributed by atoms with Crippen molar-refractivity contribution in [2.45, 2.75) is 0 Å². The Bertz CT molecular complexity index is 1170. The third kappa shape index (κ3) is 4.55. The second-order valence-electron chi connectivity index (χ2n) is 6.30. The van der Waals surface area contributed by atoms with E-state index in [0.717, 1.165) is 22.5 Å². The molecule has 29 heavy (non-hydrogen) atoms. The summed E-state index contributed by atoms with van der Waals surface area (Å²) >= 11 is 7.35. The molecule has 4 rings (SSSR count). The Labute approximate surface area is 178 Å². The maximum atomic E-state index is 9.53. The SMILES string of the molecule is N#C/C(=C\Nc1ccc(Cl)cc1)c1nc(-c2ccc(-c3ccccc3)cc2)cs1. The first-order valence-electron chi connectivity index (χ1n) is 8.97. The van der Waals surface area contributed by atoms with Gasteiger partial charge in [0.25, 0.3) is 0 Å². The van der Waals surface area contributed by atoms with E-state index in [4.69, 9.17) is 11.6 Å². The largest absolute Gasteiger partial charge is 0.360 e. The van der Waals surface area contributed by atoms with Crippen LogP contribution in [-0.4, -0.2) is 4.98 Å². The first kappa shape index (κ1) is 18.9. The molecule has 0 aliphatic carbocycles. The second kappa shape index (κ2) is 8.74. The van der Waals surface area contributed by atoms with Crippen molar-refractivity contribution in [3.8, 4) is 28.5 Å². The molecule has 4 aromatic rings. The highest BCUT2D eigenvalue weighted by atomic mass is 35.5. The van der Waals surface area contributed by atoms with E-state index in [1.54, 1.807) is 18.3 Å². The molecule has 3 nitrogen and oxygen atoms in total. The molecule has 0 aliphatic heterocycles. The maximum Gasteiger partial charge on any atom is 0.136 e. The Morgan fingerprint density at radius 1 is 0.897 bits per heavy atom. The fourth-order valence-corrected chi connectivity index (χ4v) is 3.76. The molecule has 0 unspecified atom stereocenters. The molecular formula is C24H16ClN3S. The van der Waals surface area contributed by atoms with Crippen molar-refractivity contribution in [1.29, 1.82) is 5.26 Å². The number of anilines is 1. The molecule has 5 heteroatoms. The summed E-state index contributed by atoms with van der Waals surface area (Å²) in [5, 5.41) is 16.0. The fourth-order valence-electron chi connectivity index (χ4n) is 2.84. The number of benzene rings is 3. The monoisotopic (exact) mass is 413 g/mol. The third-order valence-corrected chi connectivity index (χ3v) is 5.50. The van der Waals surface area contributed by atoms with Crippen LogP contribution in [0, 0.1) is 11.3 Å². The summed E-state index contributed by atoms with van der Waals surface area (Å²) in [6.45, 7) is 0. The standard InChI is InChI=1S/C24H16ClN3S/c25-21-10-12-22(13-11-21)27-15-20(14-26)24-28-23(16-29-24)19-8-6-18(7-9-19)17-4-2-1-3-5-17/h1-13,15-16,27H/b20-15+. The van der Waals surface area contributed by atoms with Crippen molar-refractivity contribution in [2.24, 2.45) is 0 Å². The normalized spacial score (nSPS) is 11.1. The summed E-state index contributed by atoms with van der Waals surface area (Å²) in [5.41, 5.74) is 5.57. The average Bonchev–Trinajstić information content (AvgIpc) is 3.26. The van der Waals surface area contributed by atoms with E-state index < -0.39 is 0 Å². The minimum atomic E-state index is 0.483. The lowest BCUT2D eigenvalue weighted by Crippen LogP contribution is -1.90. The van der Waals surface area contributed by atoms with Gasteiger partial charge in [-0.25, -0.2) is 4.98 Å². The Morgan fingerprint density at radius 2 is 1.55 bits per heavy atom. The van der Waals surface area contributed by atoms with Crippen LogP contribution in [-0.2, 0) is 0 Å². The van der Waals surface area contributed by atoms with E-state index in [1.807, 2.05) is 35.7 Å². The third-order valence-electron chi connectivity index (χ3n) is 4.37. The minimum absolute atomic E-state index is 0.483. The van der Waals surface area contributed by atoms with Crippen molar-refractivity contribution < 1.29 is 0 Å². The van der Waals surface area contributed by atoms with Crippen LogP contribution in [0.25, 0.3) is 28.0 Å². The summed E-state index contributed by atoms with van der Waals surface area (Å²) in [7, 11) is 0. The Hall–Kier alpha value is -3.39. The van der Waals surface area contributed by atoms with Gasteiger partial charge in [-0.05, 0) is 35.4 Å². The van der Waals surface area contributed by atoms with Crippen molar-refractivity contribution in [2.75, 3.05) is 5.32 Å². The van der Waals surface area contributed by atoms with Crippen molar-refractivity contribution in [1.82, 2.24) is 4.98 Å². The quantitative estimate of drug-likeness (QED) is 0.355. The van der Waals surface area contributed by atoms with Crippen molar-refractivity contribution >= 4 is 34.2 Å². The molecule has 1 heterocycles. The highest BCUT2D eigenvalue weighted by Crippen LogP contribution is 2.28. The summed E-state index contributed by atoms with van der Waals surface area (Å²) in [6, 6.07) is 28.1. The van der Waals surface area contributed by atoms with Crippen LogP contribution in [0.1, 0.15) is 5.01 Å². The molecular weight excluding hydrogens is 398 g/mol. The van der Waals surface area contributed by atoms with Crippen molar-refractivity contribution in [3.63, 3.8) is 0 Å². The van der Waals surface area contributed by atoms with Gasteiger partial charge in [-0.2, -0.15) is 5.26 Å². The molecule has 0 fully saturated rings. The van der Waals surface area contributed by atoms with Gasteiger partial charge in [-0.15, -0.1) is 11.3 Å². The molecule has 1 N–H and O–H groups in total. The first-order chi connectivity index (χ1) is 14.2.